The SMILES string of the molecule is COC1CN(CC(=O)Nc2cc(N)ccc2C)CCC1C. The van der Waals surface area contributed by atoms with E-state index >= 15 is 0 Å². The Bertz CT molecular complexity index is 504. The first-order valence-corrected chi connectivity index (χ1v) is 7.40. The molecule has 21 heavy (non-hydrogen) atoms. The average molecular weight is 291 g/mol. The van der Waals surface area contributed by atoms with Crippen molar-refractivity contribution in [2.24, 2.45) is 5.92 Å². The van der Waals surface area contributed by atoms with Gasteiger partial charge in [-0.05, 0) is 43.5 Å². The van der Waals surface area contributed by atoms with Crippen LogP contribution in [0, 0.1) is 12.8 Å². The number of piperidine rings is 1. The van der Waals surface area contributed by atoms with Crippen LogP contribution in [0.2, 0.25) is 0 Å². The molecule has 1 amide bonds. The fourth-order valence-corrected chi connectivity index (χ4v) is 2.72. The lowest BCUT2D eigenvalue weighted by atomic mass is 9.96. The van der Waals surface area contributed by atoms with Crippen molar-refractivity contribution in [2.75, 3.05) is 37.8 Å². The number of nitrogens with two attached hydrogens (primary N) is 1. The Labute approximate surface area is 126 Å². The molecule has 0 aliphatic carbocycles. The number of carbonyl (C=O) groups excluding carboxylic acids is 1. The number of ether oxygens (including phenoxy) is 1. The summed E-state index contributed by atoms with van der Waals surface area (Å²) in [7, 11) is 1.74. The molecule has 3 N–H and O–H groups in total. The molecule has 0 saturated carbocycles. The summed E-state index contributed by atoms with van der Waals surface area (Å²) >= 11 is 0. The summed E-state index contributed by atoms with van der Waals surface area (Å²) in [4.78, 5) is 14.3. The van der Waals surface area contributed by atoms with Crippen LogP contribution in [0.1, 0.15) is 18.9 Å². The fraction of sp³-hybridized carbons (Fsp3) is 0.562. The van der Waals surface area contributed by atoms with Crippen molar-refractivity contribution in [2.45, 2.75) is 26.4 Å². The molecule has 0 bridgehead atoms. The van der Waals surface area contributed by atoms with Crippen LogP contribution in [0.15, 0.2) is 18.2 Å². The van der Waals surface area contributed by atoms with Crippen LogP contribution >= 0.6 is 0 Å². The first-order chi connectivity index (χ1) is 9.99. The van der Waals surface area contributed by atoms with E-state index in [0.29, 0.717) is 18.2 Å². The molecule has 0 aromatic heterocycles. The Kier molecular flexibility index (Phi) is 5.20. The largest absolute Gasteiger partial charge is 0.399 e. The van der Waals surface area contributed by atoms with Crippen molar-refractivity contribution < 1.29 is 9.53 Å². The van der Waals surface area contributed by atoms with Crippen LogP contribution in [0.5, 0.6) is 0 Å². The van der Waals surface area contributed by atoms with Crippen molar-refractivity contribution in [3.05, 3.63) is 23.8 Å². The number of nitrogens with zero attached hydrogens (tertiary/aromatic N) is 1. The molecule has 2 rings (SSSR count). The van der Waals surface area contributed by atoms with Gasteiger partial charge in [0.05, 0.1) is 12.6 Å². The maximum Gasteiger partial charge on any atom is 0.238 e. The van der Waals surface area contributed by atoms with Crippen LogP contribution in [-0.2, 0) is 9.53 Å². The second-order valence-electron chi connectivity index (χ2n) is 5.90. The van der Waals surface area contributed by atoms with Gasteiger partial charge in [0, 0.05) is 25.0 Å². The number of nitrogens with one attached hydrogen (secondary N) is 1. The Morgan fingerprint density at radius 1 is 1.52 bits per heavy atom. The van der Waals surface area contributed by atoms with E-state index in [1.165, 1.54) is 0 Å². The third kappa shape index (κ3) is 4.19. The number of hydrogen-bond acceptors (Lipinski definition) is 4. The minimum Gasteiger partial charge on any atom is -0.399 e. The normalized spacial score (nSPS) is 23.0. The van der Waals surface area contributed by atoms with Crippen LogP contribution < -0.4 is 11.1 Å². The highest BCUT2D eigenvalue weighted by molar-refractivity contribution is 5.93. The zero-order valence-corrected chi connectivity index (χ0v) is 13.1. The van der Waals surface area contributed by atoms with Crippen molar-refractivity contribution in [1.82, 2.24) is 4.90 Å². The van der Waals surface area contributed by atoms with Gasteiger partial charge in [0.25, 0.3) is 0 Å². The van der Waals surface area contributed by atoms with Crippen LogP contribution in [0.3, 0.4) is 0 Å². The number of amides is 1. The van der Waals surface area contributed by atoms with Gasteiger partial charge in [-0.15, -0.1) is 0 Å². The number of aryl methyl sites for hydroxylation is 1. The maximum absolute atomic E-state index is 12.2. The molecule has 2 unspecified atom stereocenters. The number of carbonyl (C=O) groups is 1. The third-order valence-electron chi connectivity index (χ3n) is 4.18. The van der Waals surface area contributed by atoms with E-state index in [4.69, 9.17) is 10.5 Å². The van der Waals surface area contributed by atoms with E-state index in [-0.39, 0.29) is 12.0 Å². The topological polar surface area (TPSA) is 67.6 Å². The van der Waals surface area contributed by atoms with Gasteiger partial charge < -0.3 is 15.8 Å². The van der Waals surface area contributed by atoms with E-state index in [1.54, 1.807) is 13.2 Å². The molecule has 1 aromatic carbocycles. The molecule has 1 fully saturated rings. The molecule has 2 atom stereocenters. The first-order valence-electron chi connectivity index (χ1n) is 7.40. The van der Waals surface area contributed by atoms with Crippen LogP contribution in [0.4, 0.5) is 11.4 Å². The van der Waals surface area contributed by atoms with Gasteiger partial charge in [-0.1, -0.05) is 13.0 Å². The molecule has 5 nitrogen and oxygen atoms in total. The van der Waals surface area contributed by atoms with Gasteiger partial charge >= 0.3 is 0 Å². The van der Waals surface area contributed by atoms with Gasteiger partial charge in [0.2, 0.25) is 5.91 Å². The second-order valence-corrected chi connectivity index (χ2v) is 5.90. The fourth-order valence-electron chi connectivity index (χ4n) is 2.72. The highest BCUT2D eigenvalue weighted by Gasteiger charge is 2.27. The number of nitrogen functional groups attached to an aromatic ring is 1. The van der Waals surface area contributed by atoms with Gasteiger partial charge in [-0.3, -0.25) is 9.69 Å². The van der Waals surface area contributed by atoms with E-state index in [9.17, 15) is 4.79 Å². The number of likely N-dealkylation sites (tertiary alicyclic amines) is 1. The quantitative estimate of drug-likeness (QED) is 0.831. The molecule has 1 aliphatic heterocycles. The van der Waals surface area contributed by atoms with E-state index < -0.39 is 0 Å². The number of methoxy groups -OCH3 is 1. The summed E-state index contributed by atoms with van der Waals surface area (Å²) in [6.45, 7) is 6.28. The summed E-state index contributed by atoms with van der Waals surface area (Å²) < 4.78 is 5.48. The first kappa shape index (κ1) is 15.8. The Morgan fingerprint density at radius 3 is 3.00 bits per heavy atom. The monoisotopic (exact) mass is 291 g/mol. The molecule has 0 radical (unpaired) electrons. The Balaban J connectivity index is 1.91. The van der Waals surface area contributed by atoms with E-state index in [0.717, 1.165) is 30.8 Å². The molecule has 1 aliphatic rings. The molecule has 1 heterocycles. The lowest BCUT2D eigenvalue weighted by Crippen LogP contribution is -2.46. The summed E-state index contributed by atoms with van der Waals surface area (Å²) in [5.41, 5.74) is 8.21. The summed E-state index contributed by atoms with van der Waals surface area (Å²) in [5, 5.41) is 2.94. The van der Waals surface area contributed by atoms with Crippen molar-refractivity contribution >= 4 is 17.3 Å². The Morgan fingerprint density at radius 2 is 2.29 bits per heavy atom. The molecule has 5 heteroatoms. The van der Waals surface area contributed by atoms with Crippen LogP contribution in [0.25, 0.3) is 0 Å². The van der Waals surface area contributed by atoms with Gasteiger partial charge in [0.15, 0.2) is 0 Å². The summed E-state index contributed by atoms with van der Waals surface area (Å²) in [5.74, 6) is 0.540. The molecular weight excluding hydrogens is 266 g/mol. The molecular formula is C16H25N3O2. The minimum atomic E-state index is -0.00638. The van der Waals surface area contributed by atoms with Crippen molar-refractivity contribution in [3.8, 4) is 0 Å². The summed E-state index contributed by atoms with van der Waals surface area (Å²) in [6.07, 6.45) is 1.27. The zero-order valence-electron chi connectivity index (χ0n) is 13.1. The number of benzene rings is 1. The minimum absolute atomic E-state index is 0.00638. The van der Waals surface area contributed by atoms with Gasteiger partial charge in [0.1, 0.15) is 0 Å². The van der Waals surface area contributed by atoms with Crippen molar-refractivity contribution in [1.29, 1.82) is 0 Å². The standard InChI is InChI=1S/C16H25N3O2/c1-11-4-5-13(17)8-14(11)18-16(20)10-19-7-6-12(2)15(9-19)21-3/h4-5,8,12,15H,6-7,9-10,17H2,1-3H3,(H,18,20). The average Bonchev–Trinajstić information content (AvgIpc) is 2.45. The zero-order chi connectivity index (χ0) is 15.4. The van der Waals surface area contributed by atoms with E-state index in [1.807, 2.05) is 19.1 Å². The second kappa shape index (κ2) is 6.91. The highest BCUT2D eigenvalue weighted by Crippen LogP contribution is 2.20. The number of anilines is 2. The predicted molar refractivity (Wildman–Crippen MR) is 85.2 cm³/mol. The Hall–Kier alpha value is -1.59. The molecule has 1 aromatic rings. The molecule has 116 valence electrons. The lowest BCUT2D eigenvalue weighted by Gasteiger charge is -2.35. The van der Waals surface area contributed by atoms with E-state index in [2.05, 4.69) is 17.1 Å². The van der Waals surface area contributed by atoms with Crippen molar-refractivity contribution in [3.63, 3.8) is 0 Å². The van der Waals surface area contributed by atoms with Gasteiger partial charge in [-0.25, -0.2) is 0 Å². The molecule has 1 saturated heterocycles. The number of hydrogen-bond donors (Lipinski definition) is 2. The third-order valence-corrected chi connectivity index (χ3v) is 4.18. The summed E-state index contributed by atoms with van der Waals surface area (Å²) in [6, 6.07) is 5.54. The van der Waals surface area contributed by atoms with Crippen LogP contribution in [-0.4, -0.2) is 43.7 Å². The maximum atomic E-state index is 12.2. The van der Waals surface area contributed by atoms with Gasteiger partial charge in [-0.2, -0.15) is 0 Å². The number of rotatable bonds is 4. The molecule has 0 spiro atoms. The lowest BCUT2D eigenvalue weighted by molar-refractivity contribution is -0.118. The predicted octanol–water partition coefficient (Wildman–Crippen LogP) is 1.87. The highest BCUT2D eigenvalue weighted by atomic mass is 16.5. The smallest absolute Gasteiger partial charge is 0.238 e.